The van der Waals surface area contributed by atoms with E-state index in [2.05, 4.69) is 5.32 Å². The number of hydrogen-bond acceptors (Lipinski definition) is 5. The summed E-state index contributed by atoms with van der Waals surface area (Å²) in [6.45, 7) is 0.694. The molecule has 2 aromatic rings. The van der Waals surface area contributed by atoms with Gasteiger partial charge in [-0.05, 0) is 30.3 Å². The first-order valence-corrected chi connectivity index (χ1v) is 9.64. The van der Waals surface area contributed by atoms with Gasteiger partial charge in [-0.25, -0.2) is 12.8 Å². The van der Waals surface area contributed by atoms with Crippen molar-refractivity contribution in [3.63, 3.8) is 0 Å². The number of nitrogens with zero attached hydrogens (tertiary/aromatic N) is 2. The van der Waals surface area contributed by atoms with Crippen molar-refractivity contribution in [2.75, 3.05) is 31.6 Å². The van der Waals surface area contributed by atoms with Crippen LogP contribution in [0, 0.1) is 5.82 Å². The zero-order chi connectivity index (χ0) is 19.4. The number of rotatable bonds is 5. The highest BCUT2D eigenvalue weighted by Crippen LogP contribution is 2.15. The molecule has 0 spiro atoms. The average molecular weight is 395 g/mol. The van der Waals surface area contributed by atoms with Gasteiger partial charge in [-0.15, -0.1) is 0 Å². The van der Waals surface area contributed by atoms with Crippen LogP contribution in [0.25, 0.3) is 0 Å². The zero-order valence-electron chi connectivity index (χ0n) is 14.3. The van der Waals surface area contributed by atoms with Crippen molar-refractivity contribution >= 4 is 21.6 Å². The van der Waals surface area contributed by atoms with E-state index >= 15 is 0 Å². The quantitative estimate of drug-likeness (QED) is 0.802. The lowest BCUT2D eigenvalue weighted by molar-refractivity contribution is -0.116. The smallest absolute Gasteiger partial charge is 0.251 e. The number of amides is 1. The maximum Gasteiger partial charge on any atom is 0.251 e. The first-order valence-electron chi connectivity index (χ1n) is 8.20. The fourth-order valence-corrected chi connectivity index (χ4v) is 4.04. The van der Waals surface area contributed by atoms with Crippen molar-refractivity contribution in [3.05, 3.63) is 58.8 Å². The maximum atomic E-state index is 12.9. The molecule has 2 heterocycles. The van der Waals surface area contributed by atoms with Crippen LogP contribution in [0.4, 0.5) is 10.1 Å². The summed E-state index contributed by atoms with van der Waals surface area (Å²) in [5.41, 5.74) is -0.142. The first kappa shape index (κ1) is 19.2. The van der Waals surface area contributed by atoms with Gasteiger partial charge in [-0.2, -0.15) is 4.31 Å². The highest BCUT2D eigenvalue weighted by atomic mass is 32.2. The van der Waals surface area contributed by atoms with E-state index in [1.54, 1.807) is 0 Å². The van der Waals surface area contributed by atoms with Crippen LogP contribution in [0.1, 0.15) is 0 Å². The second kappa shape index (κ2) is 7.99. The predicted octanol–water partition coefficient (Wildman–Crippen LogP) is 0.647. The summed E-state index contributed by atoms with van der Waals surface area (Å²) in [4.78, 5) is 24.1. The third-order valence-electron chi connectivity index (χ3n) is 4.01. The Bertz CT molecular complexity index is 982. The predicted molar refractivity (Wildman–Crippen MR) is 95.3 cm³/mol. The molecule has 8 nitrogen and oxygen atoms in total. The average Bonchev–Trinajstić information content (AvgIpc) is 2.66. The van der Waals surface area contributed by atoms with Gasteiger partial charge >= 0.3 is 0 Å². The molecule has 1 fully saturated rings. The Kier molecular flexibility index (Phi) is 5.68. The number of halogens is 1. The van der Waals surface area contributed by atoms with Crippen LogP contribution in [-0.4, -0.2) is 49.5 Å². The van der Waals surface area contributed by atoms with E-state index in [1.165, 1.54) is 34.6 Å². The molecule has 3 rings (SSSR count). The van der Waals surface area contributed by atoms with Crippen molar-refractivity contribution in [2.45, 2.75) is 11.4 Å². The largest absolute Gasteiger partial charge is 0.379 e. The van der Waals surface area contributed by atoms with E-state index in [9.17, 15) is 22.4 Å². The minimum Gasteiger partial charge on any atom is -0.379 e. The van der Waals surface area contributed by atoms with Gasteiger partial charge in [0.05, 0.1) is 18.1 Å². The van der Waals surface area contributed by atoms with Crippen molar-refractivity contribution in [1.82, 2.24) is 8.87 Å². The first-order chi connectivity index (χ1) is 12.9. The molecule has 1 amide bonds. The van der Waals surface area contributed by atoms with E-state index in [0.717, 1.165) is 16.8 Å². The molecule has 1 aliphatic rings. The Morgan fingerprint density at radius 3 is 2.44 bits per heavy atom. The van der Waals surface area contributed by atoms with Crippen molar-refractivity contribution in [3.8, 4) is 0 Å². The number of carbonyl (C=O) groups excluding carboxylic acids is 1. The molecule has 1 aliphatic heterocycles. The van der Waals surface area contributed by atoms with Gasteiger partial charge in [0.2, 0.25) is 15.9 Å². The monoisotopic (exact) mass is 395 g/mol. The second-order valence-electron chi connectivity index (χ2n) is 5.90. The molecule has 1 aromatic heterocycles. The third-order valence-corrected chi connectivity index (χ3v) is 5.89. The third kappa shape index (κ3) is 4.59. The topological polar surface area (TPSA) is 97.7 Å². The van der Waals surface area contributed by atoms with Crippen LogP contribution in [0.2, 0.25) is 0 Å². The van der Waals surface area contributed by atoms with Gasteiger partial charge in [-0.1, -0.05) is 0 Å². The number of morpholine rings is 1. The van der Waals surface area contributed by atoms with Crippen LogP contribution < -0.4 is 10.9 Å². The fourth-order valence-electron chi connectivity index (χ4n) is 2.61. The molecule has 0 bridgehead atoms. The summed E-state index contributed by atoms with van der Waals surface area (Å²) in [6, 6.07) is 7.49. The fraction of sp³-hybridized carbons (Fsp3) is 0.294. The number of benzene rings is 1. The molecule has 0 atom stereocenters. The Labute approximate surface area is 155 Å². The lowest BCUT2D eigenvalue weighted by atomic mass is 10.3. The van der Waals surface area contributed by atoms with Gasteiger partial charge in [0, 0.05) is 31.0 Å². The lowest BCUT2D eigenvalue weighted by Crippen LogP contribution is -2.41. The zero-order valence-corrected chi connectivity index (χ0v) is 15.1. The van der Waals surface area contributed by atoms with Gasteiger partial charge in [0.25, 0.3) is 5.56 Å². The maximum absolute atomic E-state index is 12.9. The van der Waals surface area contributed by atoms with E-state index < -0.39 is 27.3 Å². The molecule has 0 aliphatic carbocycles. The number of anilines is 1. The molecule has 144 valence electrons. The Morgan fingerprint density at radius 2 is 1.78 bits per heavy atom. The van der Waals surface area contributed by atoms with Crippen LogP contribution >= 0.6 is 0 Å². The van der Waals surface area contributed by atoms with E-state index in [-0.39, 0.29) is 24.5 Å². The standard InChI is InChI=1S/C17H18FN3O5S/c18-13-1-3-14(4-2-13)19-16(22)12-20-11-15(5-6-17(20)23)27(24,25)21-7-9-26-10-8-21/h1-6,11H,7-10,12H2,(H,19,22). The van der Waals surface area contributed by atoms with Crippen LogP contribution in [-0.2, 0) is 26.1 Å². The van der Waals surface area contributed by atoms with E-state index in [4.69, 9.17) is 4.74 Å². The SMILES string of the molecule is O=C(Cn1cc(S(=O)(=O)N2CCOCC2)ccc1=O)Nc1ccc(F)cc1. The highest BCUT2D eigenvalue weighted by Gasteiger charge is 2.27. The molecule has 0 unspecified atom stereocenters. The Hall–Kier alpha value is -2.56. The minimum absolute atomic E-state index is 0.0708. The summed E-state index contributed by atoms with van der Waals surface area (Å²) in [5.74, 6) is -0.977. The number of carbonyl (C=O) groups is 1. The van der Waals surface area contributed by atoms with Gasteiger partial charge in [-0.3, -0.25) is 9.59 Å². The lowest BCUT2D eigenvalue weighted by Gasteiger charge is -2.26. The van der Waals surface area contributed by atoms with Crippen molar-refractivity contribution in [1.29, 1.82) is 0 Å². The molecule has 1 saturated heterocycles. The van der Waals surface area contributed by atoms with Crippen molar-refractivity contribution in [2.24, 2.45) is 0 Å². The Morgan fingerprint density at radius 1 is 1.11 bits per heavy atom. The minimum atomic E-state index is -3.78. The number of aromatic nitrogens is 1. The van der Waals surface area contributed by atoms with Crippen LogP contribution in [0.15, 0.2) is 52.3 Å². The summed E-state index contributed by atoms with van der Waals surface area (Å²) in [6.07, 6.45) is 1.15. The molecule has 1 aromatic carbocycles. The Balaban J connectivity index is 1.77. The van der Waals surface area contributed by atoms with Crippen LogP contribution in [0.5, 0.6) is 0 Å². The molecule has 10 heteroatoms. The number of hydrogen-bond donors (Lipinski definition) is 1. The number of ether oxygens (including phenoxy) is 1. The highest BCUT2D eigenvalue weighted by molar-refractivity contribution is 7.89. The second-order valence-corrected chi connectivity index (χ2v) is 7.84. The summed E-state index contributed by atoms with van der Waals surface area (Å²) in [7, 11) is -3.78. The molecule has 27 heavy (non-hydrogen) atoms. The number of sulfonamides is 1. The number of nitrogens with one attached hydrogen (secondary N) is 1. The molecule has 0 radical (unpaired) electrons. The molecular formula is C17H18FN3O5S. The normalized spacial score (nSPS) is 15.4. The van der Waals surface area contributed by atoms with E-state index in [0.29, 0.717) is 18.9 Å². The molecule has 1 N–H and O–H groups in total. The summed E-state index contributed by atoms with van der Waals surface area (Å²) >= 11 is 0. The van der Waals surface area contributed by atoms with Gasteiger partial charge in [0.15, 0.2) is 0 Å². The van der Waals surface area contributed by atoms with Crippen molar-refractivity contribution < 1.29 is 22.3 Å². The van der Waals surface area contributed by atoms with E-state index in [1.807, 2.05) is 0 Å². The molecule has 0 saturated carbocycles. The van der Waals surface area contributed by atoms with Crippen LogP contribution in [0.3, 0.4) is 0 Å². The van der Waals surface area contributed by atoms with Gasteiger partial charge in [0.1, 0.15) is 12.4 Å². The van der Waals surface area contributed by atoms with Gasteiger partial charge < -0.3 is 14.6 Å². The number of pyridine rings is 1. The summed E-state index contributed by atoms with van der Waals surface area (Å²) < 4.78 is 45.7. The summed E-state index contributed by atoms with van der Waals surface area (Å²) in [5, 5.41) is 2.52. The molecular weight excluding hydrogens is 377 g/mol.